The van der Waals surface area contributed by atoms with E-state index >= 15 is 0 Å². The largest absolute Gasteiger partial charge is 0.370 e. The summed E-state index contributed by atoms with van der Waals surface area (Å²) in [6.07, 6.45) is 5.60. The predicted molar refractivity (Wildman–Crippen MR) is 109 cm³/mol. The van der Waals surface area contributed by atoms with Gasteiger partial charge in [0.2, 0.25) is 23.6 Å². The zero-order chi connectivity index (χ0) is 21.8. The number of likely N-dealkylation sites (N-methyl/N-ethyl adjacent to an activating group) is 1. The normalized spacial score (nSPS) is 21.4. The third-order valence-corrected chi connectivity index (χ3v) is 5.18. The number of carbonyl (C=O) groups is 4. The first kappa shape index (κ1) is 24.9. The molecule has 0 aliphatic carbocycles. The van der Waals surface area contributed by atoms with E-state index < -0.39 is 0 Å². The second-order valence-electron chi connectivity index (χ2n) is 7.62. The zero-order valence-electron chi connectivity index (χ0n) is 18.3. The van der Waals surface area contributed by atoms with E-state index in [0.29, 0.717) is 18.4 Å². The van der Waals surface area contributed by atoms with Crippen molar-refractivity contribution in [3.8, 4) is 0 Å². The molecule has 4 saturated heterocycles. The molecule has 29 heavy (non-hydrogen) atoms. The van der Waals surface area contributed by atoms with Crippen LogP contribution in [0.4, 0.5) is 0 Å². The highest BCUT2D eigenvalue weighted by atomic mass is 16.5. The minimum absolute atomic E-state index is 0.0799. The molecule has 0 aromatic rings. The van der Waals surface area contributed by atoms with Crippen LogP contribution in [-0.2, 0) is 23.9 Å². The number of nitrogens with zero attached hydrogens (tertiary/aromatic N) is 4. The Morgan fingerprint density at radius 1 is 0.552 bits per heavy atom. The Hall–Kier alpha value is -2.16. The van der Waals surface area contributed by atoms with E-state index in [1.54, 1.807) is 26.6 Å². The van der Waals surface area contributed by atoms with Crippen molar-refractivity contribution < 1.29 is 23.9 Å². The van der Waals surface area contributed by atoms with Crippen molar-refractivity contribution in [3.05, 3.63) is 0 Å². The monoisotopic (exact) mass is 412 g/mol. The van der Waals surface area contributed by atoms with E-state index in [0.717, 1.165) is 58.3 Å². The molecule has 4 aliphatic heterocycles. The Morgan fingerprint density at radius 2 is 1.03 bits per heavy atom. The van der Waals surface area contributed by atoms with Crippen molar-refractivity contribution in [2.24, 2.45) is 0 Å². The Bertz CT molecular complexity index is 543. The fourth-order valence-corrected chi connectivity index (χ4v) is 2.75. The molecule has 0 saturated carbocycles. The number of carbonyl (C=O) groups excluding carboxylic acids is 4. The van der Waals surface area contributed by atoms with Gasteiger partial charge in [-0.2, -0.15) is 0 Å². The van der Waals surface area contributed by atoms with Crippen molar-refractivity contribution in [1.29, 1.82) is 0 Å². The number of ether oxygens (including phenoxy) is 1. The maximum atomic E-state index is 10.7. The lowest BCUT2D eigenvalue weighted by molar-refractivity contribution is -0.140. The number of rotatable bonds is 0. The van der Waals surface area contributed by atoms with Crippen LogP contribution in [0, 0.1) is 0 Å². The molecule has 4 heterocycles. The first-order valence-corrected chi connectivity index (χ1v) is 10.3. The molecule has 4 aliphatic rings. The van der Waals surface area contributed by atoms with Gasteiger partial charge in [-0.15, -0.1) is 0 Å². The minimum atomic E-state index is 0.0799. The summed E-state index contributed by atoms with van der Waals surface area (Å²) in [7, 11) is 7.30. The number of amides is 4. The van der Waals surface area contributed by atoms with E-state index in [1.807, 2.05) is 21.1 Å². The molecule has 0 bridgehead atoms. The summed E-state index contributed by atoms with van der Waals surface area (Å²) >= 11 is 0. The van der Waals surface area contributed by atoms with Gasteiger partial charge in [-0.3, -0.25) is 19.2 Å². The number of hydrogen-bond donors (Lipinski definition) is 0. The van der Waals surface area contributed by atoms with Gasteiger partial charge in [-0.1, -0.05) is 0 Å². The van der Waals surface area contributed by atoms with Gasteiger partial charge in [0.25, 0.3) is 0 Å². The number of β-lactam (4-membered cyclic amide) rings is 1. The molecule has 4 fully saturated rings. The molecule has 4 amide bonds. The van der Waals surface area contributed by atoms with Crippen LogP contribution in [0.25, 0.3) is 0 Å². The van der Waals surface area contributed by atoms with Crippen LogP contribution >= 0.6 is 0 Å². The predicted octanol–water partition coefficient (Wildman–Crippen LogP) is 0.191. The second-order valence-corrected chi connectivity index (χ2v) is 7.62. The Kier molecular flexibility index (Phi) is 11.3. The molecule has 0 aromatic carbocycles. The summed E-state index contributed by atoms with van der Waals surface area (Å²) < 4.78 is 4.86. The van der Waals surface area contributed by atoms with Crippen molar-refractivity contribution in [1.82, 2.24) is 19.6 Å². The van der Waals surface area contributed by atoms with Crippen LogP contribution in [0.1, 0.15) is 38.5 Å². The van der Waals surface area contributed by atoms with Crippen molar-refractivity contribution in [2.75, 3.05) is 67.6 Å². The third-order valence-electron chi connectivity index (χ3n) is 5.18. The first-order chi connectivity index (χ1) is 13.7. The Balaban J connectivity index is 0.000000194. The number of likely N-dealkylation sites (tertiary alicyclic amines) is 3. The van der Waals surface area contributed by atoms with Crippen LogP contribution in [0.3, 0.4) is 0 Å². The van der Waals surface area contributed by atoms with Crippen LogP contribution in [0.5, 0.6) is 0 Å². The number of hydrogen-bond acceptors (Lipinski definition) is 5. The lowest BCUT2D eigenvalue weighted by Gasteiger charge is -2.24. The van der Waals surface area contributed by atoms with Gasteiger partial charge in [-0.25, -0.2) is 0 Å². The summed E-state index contributed by atoms with van der Waals surface area (Å²) in [6.45, 7) is 4.55. The van der Waals surface area contributed by atoms with Crippen molar-refractivity contribution in [2.45, 2.75) is 38.5 Å². The molecule has 4 rings (SSSR count). The van der Waals surface area contributed by atoms with Gasteiger partial charge in [0.05, 0.1) is 6.61 Å². The highest BCUT2D eigenvalue weighted by Gasteiger charge is 2.17. The summed E-state index contributed by atoms with van der Waals surface area (Å²) in [5.74, 6) is 0.947. The molecular weight excluding hydrogens is 376 g/mol. The molecule has 9 nitrogen and oxygen atoms in total. The van der Waals surface area contributed by atoms with Gasteiger partial charge in [0.1, 0.15) is 6.61 Å². The second kappa shape index (κ2) is 13.1. The molecule has 0 radical (unpaired) electrons. The van der Waals surface area contributed by atoms with Crippen molar-refractivity contribution >= 4 is 23.6 Å². The quantitative estimate of drug-likeness (QED) is 0.530. The summed E-state index contributed by atoms with van der Waals surface area (Å²) in [5.41, 5.74) is 0. The minimum Gasteiger partial charge on any atom is -0.370 e. The molecule has 0 unspecified atom stereocenters. The molecule has 166 valence electrons. The third kappa shape index (κ3) is 9.74. The summed E-state index contributed by atoms with van der Waals surface area (Å²) in [6, 6.07) is 0. The number of morpholine rings is 1. The lowest BCUT2D eigenvalue weighted by atomic mass is 10.1. The molecule has 0 spiro atoms. The summed E-state index contributed by atoms with van der Waals surface area (Å²) in [5, 5.41) is 0. The van der Waals surface area contributed by atoms with Gasteiger partial charge >= 0.3 is 0 Å². The molecule has 0 atom stereocenters. The number of piperidine rings is 1. The standard InChI is InChI=1S/C6H11NO.C5H9NO2.C5H9NO.C4H7NO/c1-7-5-3-2-4-6(7)8;1-6-2-3-8-4-5(6)7;1-6-4-2-3-5(6)7;1-5-3-2-4(5)6/h2-5H2,1H3;2-4H2,1H3;2-4H2,1H3;2-3H2,1H3. The Labute approximate surface area is 173 Å². The van der Waals surface area contributed by atoms with Gasteiger partial charge in [-0.05, 0) is 19.3 Å². The highest BCUT2D eigenvalue weighted by molar-refractivity contribution is 5.81. The highest BCUT2D eigenvalue weighted by Crippen LogP contribution is 2.07. The Morgan fingerprint density at radius 3 is 1.28 bits per heavy atom. The summed E-state index contributed by atoms with van der Waals surface area (Å²) in [4.78, 5) is 48.9. The van der Waals surface area contributed by atoms with Crippen molar-refractivity contribution in [3.63, 3.8) is 0 Å². The SMILES string of the molecule is CN1CCC1=O.CN1CCCC1=O.CN1CCCCC1=O.CN1CCOCC1=O. The van der Waals surface area contributed by atoms with Crippen LogP contribution in [0.2, 0.25) is 0 Å². The van der Waals surface area contributed by atoms with Crippen LogP contribution < -0.4 is 0 Å². The molecule has 0 N–H and O–H groups in total. The lowest BCUT2D eigenvalue weighted by Crippen LogP contribution is -2.39. The molecule has 0 aromatic heterocycles. The zero-order valence-corrected chi connectivity index (χ0v) is 18.3. The van der Waals surface area contributed by atoms with E-state index in [-0.39, 0.29) is 18.4 Å². The average molecular weight is 413 g/mol. The topological polar surface area (TPSA) is 90.5 Å². The van der Waals surface area contributed by atoms with E-state index in [9.17, 15) is 19.2 Å². The van der Waals surface area contributed by atoms with E-state index in [4.69, 9.17) is 4.74 Å². The van der Waals surface area contributed by atoms with Gasteiger partial charge < -0.3 is 24.3 Å². The van der Waals surface area contributed by atoms with Gasteiger partial charge in [0, 0.05) is 73.6 Å². The fourth-order valence-electron chi connectivity index (χ4n) is 2.75. The molecule has 9 heteroatoms. The van der Waals surface area contributed by atoms with Gasteiger partial charge in [0.15, 0.2) is 0 Å². The van der Waals surface area contributed by atoms with Crippen LogP contribution in [-0.4, -0.2) is 111 Å². The first-order valence-electron chi connectivity index (χ1n) is 10.3. The fraction of sp³-hybridized carbons (Fsp3) is 0.800. The smallest absolute Gasteiger partial charge is 0.248 e. The van der Waals surface area contributed by atoms with Crippen LogP contribution in [0.15, 0.2) is 0 Å². The average Bonchev–Trinajstić information content (AvgIpc) is 3.09. The molecular formula is C20H36N4O5. The van der Waals surface area contributed by atoms with E-state index in [2.05, 4.69) is 0 Å². The van der Waals surface area contributed by atoms with E-state index in [1.165, 1.54) is 6.42 Å². The maximum absolute atomic E-state index is 10.7. The maximum Gasteiger partial charge on any atom is 0.248 e.